The molecule has 2 aliphatic rings. The van der Waals surface area contributed by atoms with Gasteiger partial charge < -0.3 is 14.9 Å². The van der Waals surface area contributed by atoms with E-state index in [1.165, 1.54) is 54.2 Å². The highest BCUT2D eigenvalue weighted by atomic mass is 32.1. The molecule has 0 bridgehead atoms. The lowest BCUT2D eigenvalue weighted by Gasteiger charge is -2.37. The molecule has 1 fully saturated rings. The van der Waals surface area contributed by atoms with Gasteiger partial charge in [0.25, 0.3) is 11.8 Å². The van der Waals surface area contributed by atoms with E-state index in [0.29, 0.717) is 10.7 Å². The Morgan fingerprint density at radius 3 is 2.50 bits per heavy atom. The lowest BCUT2D eigenvalue weighted by molar-refractivity contribution is -0.126. The lowest BCUT2D eigenvalue weighted by Crippen LogP contribution is -2.52. The van der Waals surface area contributed by atoms with E-state index in [1.54, 1.807) is 11.6 Å². The average Bonchev–Trinajstić information content (AvgIpc) is 3.62. The second kappa shape index (κ2) is 10.4. The van der Waals surface area contributed by atoms with Crippen molar-refractivity contribution in [2.45, 2.75) is 38.3 Å². The van der Waals surface area contributed by atoms with Crippen LogP contribution in [-0.4, -0.2) is 39.9 Å². The Bertz CT molecular complexity index is 1570. The number of rotatable bonds is 6. The predicted molar refractivity (Wildman–Crippen MR) is 154 cm³/mol. The Morgan fingerprint density at radius 1 is 1.02 bits per heavy atom. The molecule has 1 atom stereocenters. The number of phenolic OH excluding ortho intramolecular Hbond substituents is 1. The van der Waals surface area contributed by atoms with Gasteiger partial charge in [0.05, 0.1) is 0 Å². The van der Waals surface area contributed by atoms with Gasteiger partial charge in [-0.1, -0.05) is 24.3 Å². The maximum absolute atomic E-state index is 14.4. The summed E-state index contributed by atoms with van der Waals surface area (Å²) in [4.78, 5) is 35.6. The van der Waals surface area contributed by atoms with Crippen LogP contribution in [0.1, 0.15) is 47.7 Å². The minimum Gasteiger partial charge on any atom is -0.508 e. The van der Waals surface area contributed by atoms with Gasteiger partial charge in [-0.2, -0.15) is 0 Å². The number of anilines is 2. The highest BCUT2D eigenvalue weighted by Gasteiger charge is 2.49. The van der Waals surface area contributed by atoms with Crippen molar-refractivity contribution in [3.8, 4) is 16.9 Å². The van der Waals surface area contributed by atoms with Crippen LogP contribution >= 0.6 is 11.3 Å². The molecule has 1 saturated heterocycles. The van der Waals surface area contributed by atoms with Crippen molar-refractivity contribution in [3.63, 3.8) is 0 Å². The zero-order chi connectivity index (χ0) is 27.9. The number of halogens is 1. The standard InChI is InChI=1S/C31H29FN4O3S/c1-31(26-18-23(32)9-12-27(26)37,29(39)34-30-33-13-16-40-30)36-19-22-6-5-21(17-25(22)28(36)38)20-7-10-24(11-8-20)35-14-3-2-4-15-35/h5-13,16-18,37H,2-4,14-15,19H2,1H3,(H,33,34,39)/t31-/m0/s1. The van der Waals surface area contributed by atoms with E-state index in [1.807, 2.05) is 18.2 Å². The summed E-state index contributed by atoms with van der Waals surface area (Å²) in [6, 6.07) is 17.5. The molecule has 4 aromatic rings. The van der Waals surface area contributed by atoms with Crippen LogP contribution in [0.5, 0.6) is 5.75 Å². The van der Waals surface area contributed by atoms with Gasteiger partial charge >= 0.3 is 0 Å². The number of amides is 2. The largest absolute Gasteiger partial charge is 0.508 e. The van der Waals surface area contributed by atoms with Crippen LogP contribution in [0, 0.1) is 5.82 Å². The van der Waals surface area contributed by atoms with Crippen LogP contribution in [0.2, 0.25) is 0 Å². The molecule has 1 aromatic heterocycles. The molecule has 3 heterocycles. The number of hydrogen-bond acceptors (Lipinski definition) is 6. The van der Waals surface area contributed by atoms with Crippen LogP contribution in [0.4, 0.5) is 15.2 Å². The smallest absolute Gasteiger partial charge is 0.256 e. The maximum Gasteiger partial charge on any atom is 0.256 e. The van der Waals surface area contributed by atoms with Crippen molar-refractivity contribution in [3.05, 3.63) is 94.7 Å². The maximum atomic E-state index is 14.4. The highest BCUT2D eigenvalue weighted by Crippen LogP contribution is 2.42. The molecule has 0 saturated carbocycles. The lowest BCUT2D eigenvalue weighted by atomic mass is 9.88. The summed E-state index contributed by atoms with van der Waals surface area (Å²) in [7, 11) is 0. The number of piperidine rings is 1. The van der Waals surface area contributed by atoms with Crippen molar-refractivity contribution in [1.82, 2.24) is 9.88 Å². The number of thiazole rings is 1. The second-order valence-electron chi connectivity index (χ2n) is 10.4. The summed E-state index contributed by atoms with van der Waals surface area (Å²) >= 11 is 1.22. The zero-order valence-electron chi connectivity index (χ0n) is 22.1. The first-order chi connectivity index (χ1) is 19.3. The van der Waals surface area contributed by atoms with Gasteiger partial charge in [0.1, 0.15) is 17.1 Å². The van der Waals surface area contributed by atoms with Gasteiger partial charge in [-0.3, -0.25) is 14.9 Å². The number of fused-ring (bicyclic) bond motifs is 1. The van der Waals surface area contributed by atoms with E-state index in [-0.39, 0.29) is 23.8 Å². The molecular weight excluding hydrogens is 527 g/mol. The summed E-state index contributed by atoms with van der Waals surface area (Å²) in [6.07, 6.45) is 5.24. The zero-order valence-corrected chi connectivity index (χ0v) is 22.9. The van der Waals surface area contributed by atoms with Crippen LogP contribution in [-0.2, 0) is 16.9 Å². The Labute approximate surface area is 235 Å². The number of nitrogens with zero attached hydrogens (tertiary/aromatic N) is 3. The van der Waals surface area contributed by atoms with Crippen LogP contribution in [0.25, 0.3) is 11.1 Å². The molecule has 0 unspecified atom stereocenters. The fraction of sp³-hybridized carbons (Fsp3) is 0.258. The number of benzene rings is 3. The molecule has 9 heteroatoms. The van der Waals surface area contributed by atoms with Gasteiger partial charge in [0.15, 0.2) is 5.13 Å². The number of nitrogens with one attached hydrogen (secondary N) is 1. The third-order valence-electron chi connectivity index (χ3n) is 7.95. The summed E-state index contributed by atoms with van der Waals surface area (Å²) in [5.74, 6) is -1.88. The van der Waals surface area contributed by atoms with E-state index in [0.717, 1.165) is 41.9 Å². The minimum absolute atomic E-state index is 0.00348. The molecular formula is C31H29FN4O3S. The highest BCUT2D eigenvalue weighted by molar-refractivity contribution is 7.13. The number of carbonyl (C=O) groups is 2. The molecule has 0 aliphatic carbocycles. The molecule has 0 radical (unpaired) electrons. The van der Waals surface area contributed by atoms with Crippen LogP contribution in [0.15, 0.2) is 72.2 Å². The molecule has 6 rings (SSSR count). The first-order valence-electron chi connectivity index (χ1n) is 13.3. The third kappa shape index (κ3) is 4.60. The van der Waals surface area contributed by atoms with Crippen LogP contribution in [0.3, 0.4) is 0 Å². The van der Waals surface area contributed by atoms with Gasteiger partial charge in [-0.15, -0.1) is 11.3 Å². The van der Waals surface area contributed by atoms with Gasteiger partial charge in [0.2, 0.25) is 0 Å². The van der Waals surface area contributed by atoms with Gasteiger partial charge in [0, 0.05) is 48.0 Å². The van der Waals surface area contributed by atoms with E-state index >= 15 is 0 Å². The molecule has 0 spiro atoms. The quantitative estimate of drug-likeness (QED) is 0.297. The summed E-state index contributed by atoms with van der Waals surface area (Å²) in [6.45, 7) is 3.78. The number of hydrogen-bond donors (Lipinski definition) is 2. The topological polar surface area (TPSA) is 85.8 Å². The average molecular weight is 557 g/mol. The molecule has 2 N–H and O–H groups in total. The number of phenols is 1. The fourth-order valence-electron chi connectivity index (χ4n) is 5.65. The van der Waals surface area contributed by atoms with Gasteiger partial charge in [-0.05, 0) is 79.3 Å². The summed E-state index contributed by atoms with van der Waals surface area (Å²) < 4.78 is 14.4. The first kappa shape index (κ1) is 26.0. The van der Waals surface area contributed by atoms with Crippen molar-refractivity contribution >= 4 is 34.0 Å². The van der Waals surface area contributed by atoms with E-state index in [9.17, 15) is 19.1 Å². The number of aromatic hydroxyl groups is 1. The predicted octanol–water partition coefficient (Wildman–Crippen LogP) is 6.16. The third-order valence-corrected chi connectivity index (χ3v) is 8.64. The van der Waals surface area contributed by atoms with E-state index < -0.39 is 17.3 Å². The Kier molecular flexibility index (Phi) is 6.75. The molecule has 3 aromatic carbocycles. The SMILES string of the molecule is C[C@@](C(=O)Nc1nccs1)(c1cc(F)ccc1O)N1Cc2ccc(-c3ccc(N4CCCCC4)cc3)cc2C1=O. The van der Waals surface area contributed by atoms with Crippen molar-refractivity contribution < 1.29 is 19.1 Å². The molecule has 7 nitrogen and oxygen atoms in total. The molecule has 204 valence electrons. The number of aromatic nitrogens is 1. The number of carbonyl (C=O) groups excluding carboxylic acids is 2. The summed E-state index contributed by atoms with van der Waals surface area (Å²) in [5.41, 5.74) is 2.58. The molecule has 2 aliphatic heterocycles. The van der Waals surface area contributed by atoms with E-state index in [2.05, 4.69) is 39.5 Å². The molecule has 40 heavy (non-hydrogen) atoms. The Hall–Kier alpha value is -4.24. The Balaban J connectivity index is 1.33. The second-order valence-corrected chi connectivity index (χ2v) is 11.3. The molecule has 2 amide bonds. The van der Waals surface area contributed by atoms with Crippen molar-refractivity contribution in [2.24, 2.45) is 0 Å². The fourth-order valence-corrected chi connectivity index (χ4v) is 6.17. The monoisotopic (exact) mass is 556 g/mol. The van der Waals surface area contributed by atoms with Crippen LogP contribution < -0.4 is 10.2 Å². The first-order valence-corrected chi connectivity index (χ1v) is 14.2. The Morgan fingerprint density at radius 2 is 1.77 bits per heavy atom. The summed E-state index contributed by atoms with van der Waals surface area (Å²) in [5, 5.41) is 15.5. The van der Waals surface area contributed by atoms with Gasteiger partial charge in [-0.25, -0.2) is 9.37 Å². The normalized spacial score (nSPS) is 16.5. The van der Waals surface area contributed by atoms with Crippen molar-refractivity contribution in [2.75, 3.05) is 23.3 Å². The van der Waals surface area contributed by atoms with E-state index in [4.69, 9.17) is 0 Å². The minimum atomic E-state index is -1.72. The van der Waals surface area contributed by atoms with Crippen molar-refractivity contribution in [1.29, 1.82) is 0 Å².